The zero-order valence-electron chi connectivity index (χ0n) is 12.3. The molecule has 7 nitrogen and oxygen atoms in total. The van der Waals surface area contributed by atoms with E-state index in [4.69, 9.17) is 9.26 Å². The molecule has 2 aromatic rings. The number of ether oxygens (including phenoxy) is 1. The highest BCUT2D eigenvalue weighted by Gasteiger charge is 2.21. The lowest BCUT2D eigenvalue weighted by Gasteiger charge is -2.20. The molecule has 1 saturated heterocycles. The molecular formula is C15H18N4O3. The lowest BCUT2D eigenvalue weighted by Crippen LogP contribution is -2.33. The number of rotatable bonds is 4. The second kappa shape index (κ2) is 6.67. The number of amides is 1. The van der Waals surface area contributed by atoms with Gasteiger partial charge in [0.15, 0.2) is 0 Å². The third-order valence-corrected chi connectivity index (χ3v) is 3.40. The Hall–Kier alpha value is -2.25. The summed E-state index contributed by atoms with van der Waals surface area (Å²) in [6, 6.07) is 7.64. The second-order valence-corrected chi connectivity index (χ2v) is 5.13. The van der Waals surface area contributed by atoms with Gasteiger partial charge in [0.05, 0.1) is 6.61 Å². The van der Waals surface area contributed by atoms with Crippen LogP contribution >= 0.6 is 0 Å². The maximum Gasteiger partial charge on any atom is 0.258 e. The number of hydrogen-bond donors (Lipinski definition) is 2. The third kappa shape index (κ3) is 3.49. The summed E-state index contributed by atoms with van der Waals surface area (Å²) in [6.07, 6.45) is -0.162. The minimum atomic E-state index is -0.162. The fourth-order valence-corrected chi connectivity index (χ4v) is 2.21. The smallest absolute Gasteiger partial charge is 0.258 e. The topological polar surface area (TPSA) is 89.3 Å². The van der Waals surface area contributed by atoms with Crippen LogP contribution in [0.2, 0.25) is 0 Å². The Labute approximate surface area is 128 Å². The van der Waals surface area contributed by atoms with Crippen molar-refractivity contribution in [1.82, 2.24) is 20.8 Å². The lowest BCUT2D eigenvalue weighted by atomic mass is 10.1. The molecule has 0 spiro atoms. The van der Waals surface area contributed by atoms with Gasteiger partial charge in [-0.25, -0.2) is 0 Å². The van der Waals surface area contributed by atoms with Crippen LogP contribution in [0.15, 0.2) is 28.8 Å². The molecule has 0 bridgehead atoms. The quantitative estimate of drug-likeness (QED) is 0.877. The number of benzene rings is 1. The number of morpholine rings is 1. The van der Waals surface area contributed by atoms with Crippen molar-refractivity contribution in [3.8, 4) is 11.5 Å². The molecule has 22 heavy (non-hydrogen) atoms. The van der Waals surface area contributed by atoms with Crippen molar-refractivity contribution >= 4 is 5.91 Å². The molecule has 2 heterocycles. The molecule has 1 aliphatic rings. The summed E-state index contributed by atoms with van der Waals surface area (Å²) >= 11 is 0. The van der Waals surface area contributed by atoms with Gasteiger partial charge in [-0.2, -0.15) is 4.98 Å². The highest BCUT2D eigenvalue weighted by atomic mass is 16.5. The third-order valence-electron chi connectivity index (χ3n) is 3.40. The van der Waals surface area contributed by atoms with Crippen molar-refractivity contribution in [2.45, 2.75) is 19.6 Å². The number of hydrogen-bond acceptors (Lipinski definition) is 6. The first-order valence-corrected chi connectivity index (χ1v) is 7.22. The monoisotopic (exact) mass is 302 g/mol. The largest absolute Gasteiger partial charge is 0.367 e. The zero-order chi connectivity index (χ0) is 15.4. The van der Waals surface area contributed by atoms with Crippen LogP contribution in [0.5, 0.6) is 0 Å². The molecule has 0 saturated carbocycles. The summed E-state index contributed by atoms with van der Waals surface area (Å²) in [4.78, 5) is 15.3. The van der Waals surface area contributed by atoms with E-state index >= 15 is 0 Å². The maximum absolute atomic E-state index is 10.9. The van der Waals surface area contributed by atoms with Crippen LogP contribution < -0.4 is 10.6 Å². The minimum absolute atomic E-state index is 0.0493. The molecule has 1 atom stereocenters. The Morgan fingerprint density at radius 2 is 2.23 bits per heavy atom. The first-order chi connectivity index (χ1) is 10.7. The van der Waals surface area contributed by atoms with Crippen LogP contribution in [0.3, 0.4) is 0 Å². The van der Waals surface area contributed by atoms with Crippen molar-refractivity contribution in [3.05, 3.63) is 35.7 Å². The minimum Gasteiger partial charge on any atom is -0.367 e. The number of nitrogens with zero attached hydrogens (tertiary/aromatic N) is 2. The Kier molecular flexibility index (Phi) is 4.45. The Bertz CT molecular complexity index is 632. The number of carbonyl (C=O) groups is 1. The van der Waals surface area contributed by atoms with E-state index in [0.717, 1.165) is 17.7 Å². The molecule has 3 rings (SSSR count). The van der Waals surface area contributed by atoms with E-state index in [-0.39, 0.29) is 12.0 Å². The van der Waals surface area contributed by atoms with Crippen LogP contribution in [0.1, 0.15) is 24.4 Å². The summed E-state index contributed by atoms with van der Waals surface area (Å²) in [5, 5.41) is 9.98. The number of aromatic nitrogens is 2. The highest BCUT2D eigenvalue weighted by molar-refractivity contribution is 5.72. The van der Waals surface area contributed by atoms with Crippen LogP contribution in [0.25, 0.3) is 11.5 Å². The predicted molar refractivity (Wildman–Crippen MR) is 78.8 cm³/mol. The van der Waals surface area contributed by atoms with Gasteiger partial charge < -0.3 is 19.9 Å². The van der Waals surface area contributed by atoms with Crippen LogP contribution in [-0.4, -0.2) is 35.7 Å². The van der Waals surface area contributed by atoms with E-state index in [2.05, 4.69) is 20.8 Å². The van der Waals surface area contributed by atoms with E-state index in [0.29, 0.717) is 31.4 Å². The van der Waals surface area contributed by atoms with E-state index in [1.165, 1.54) is 6.92 Å². The molecule has 1 amide bonds. The SMILES string of the molecule is CC(=O)NCc1ccc(-c2nc(C3CNCCO3)no2)cc1. The van der Waals surface area contributed by atoms with E-state index in [9.17, 15) is 4.79 Å². The van der Waals surface area contributed by atoms with Gasteiger partial charge in [0.2, 0.25) is 11.7 Å². The molecular weight excluding hydrogens is 284 g/mol. The molecule has 1 aromatic heterocycles. The van der Waals surface area contributed by atoms with E-state index in [1.54, 1.807) is 0 Å². The second-order valence-electron chi connectivity index (χ2n) is 5.13. The Morgan fingerprint density at radius 3 is 2.91 bits per heavy atom. The fourth-order valence-electron chi connectivity index (χ4n) is 2.21. The summed E-state index contributed by atoms with van der Waals surface area (Å²) in [5.41, 5.74) is 1.85. The van der Waals surface area contributed by atoms with Crippen molar-refractivity contribution in [3.63, 3.8) is 0 Å². The van der Waals surface area contributed by atoms with Crippen molar-refractivity contribution < 1.29 is 14.1 Å². The average Bonchev–Trinajstić information content (AvgIpc) is 3.04. The Balaban J connectivity index is 1.68. The summed E-state index contributed by atoms with van der Waals surface area (Å²) in [5.74, 6) is 0.978. The van der Waals surface area contributed by atoms with Gasteiger partial charge >= 0.3 is 0 Å². The highest BCUT2D eigenvalue weighted by Crippen LogP contribution is 2.22. The van der Waals surface area contributed by atoms with Gasteiger partial charge in [0.25, 0.3) is 5.89 Å². The van der Waals surface area contributed by atoms with Crippen LogP contribution in [0.4, 0.5) is 0 Å². The molecule has 2 N–H and O–H groups in total. The van der Waals surface area contributed by atoms with Crippen LogP contribution in [-0.2, 0) is 16.1 Å². The molecule has 7 heteroatoms. The van der Waals surface area contributed by atoms with Gasteiger partial charge in [-0.05, 0) is 17.7 Å². The van der Waals surface area contributed by atoms with E-state index in [1.807, 2.05) is 24.3 Å². The number of carbonyl (C=O) groups excluding carboxylic acids is 1. The molecule has 116 valence electrons. The normalized spacial score (nSPS) is 18.1. The molecule has 1 unspecified atom stereocenters. The number of nitrogens with one attached hydrogen (secondary N) is 2. The van der Waals surface area contributed by atoms with Gasteiger partial charge in [-0.3, -0.25) is 4.79 Å². The van der Waals surface area contributed by atoms with Gasteiger partial charge in [0.1, 0.15) is 6.10 Å². The van der Waals surface area contributed by atoms with Crippen molar-refractivity contribution in [2.75, 3.05) is 19.7 Å². The van der Waals surface area contributed by atoms with Crippen molar-refractivity contribution in [2.24, 2.45) is 0 Å². The first-order valence-electron chi connectivity index (χ1n) is 7.22. The summed E-state index contributed by atoms with van der Waals surface area (Å²) in [6.45, 7) is 4.18. The van der Waals surface area contributed by atoms with Gasteiger partial charge in [-0.1, -0.05) is 17.3 Å². The zero-order valence-corrected chi connectivity index (χ0v) is 12.3. The summed E-state index contributed by atoms with van der Waals surface area (Å²) in [7, 11) is 0. The molecule has 1 aromatic carbocycles. The molecule has 1 aliphatic heterocycles. The van der Waals surface area contributed by atoms with Gasteiger partial charge in [-0.15, -0.1) is 0 Å². The van der Waals surface area contributed by atoms with Crippen molar-refractivity contribution in [1.29, 1.82) is 0 Å². The maximum atomic E-state index is 10.9. The van der Waals surface area contributed by atoms with Crippen LogP contribution in [0, 0.1) is 0 Å². The lowest BCUT2D eigenvalue weighted by molar-refractivity contribution is -0.119. The average molecular weight is 302 g/mol. The molecule has 0 aliphatic carbocycles. The fraction of sp³-hybridized carbons (Fsp3) is 0.400. The van der Waals surface area contributed by atoms with E-state index < -0.39 is 0 Å². The predicted octanol–water partition coefficient (Wildman–Crippen LogP) is 1.03. The summed E-state index contributed by atoms with van der Waals surface area (Å²) < 4.78 is 10.9. The molecule has 1 fully saturated rings. The standard InChI is InChI=1S/C15H18N4O3/c1-10(20)17-8-11-2-4-12(5-3-11)15-18-14(19-22-15)13-9-16-6-7-21-13/h2-5,13,16H,6-9H2,1H3,(H,17,20). The Morgan fingerprint density at radius 1 is 1.41 bits per heavy atom. The molecule has 0 radical (unpaired) electrons. The first kappa shape index (κ1) is 14.7. The van der Waals surface area contributed by atoms with Gasteiger partial charge in [0, 0.05) is 32.1 Å².